The Labute approximate surface area is 157 Å². The van der Waals surface area contributed by atoms with Gasteiger partial charge in [0, 0.05) is 11.4 Å². The molecule has 0 saturated heterocycles. The number of para-hydroxylation sites is 1. The summed E-state index contributed by atoms with van der Waals surface area (Å²) in [7, 11) is 0. The molecule has 8 heteroatoms. The van der Waals surface area contributed by atoms with Gasteiger partial charge in [-0.05, 0) is 42.8 Å². The molecule has 1 atom stereocenters. The van der Waals surface area contributed by atoms with Gasteiger partial charge in [-0.3, -0.25) is 4.79 Å². The number of aliphatic imine (C=N–C) groups is 1. The molecule has 0 saturated carbocycles. The number of anilines is 1. The zero-order chi connectivity index (χ0) is 18.7. The van der Waals surface area contributed by atoms with Gasteiger partial charge in [-0.1, -0.05) is 41.7 Å². The van der Waals surface area contributed by atoms with E-state index in [0.717, 1.165) is 33.5 Å². The number of halogens is 3. The molecule has 0 fully saturated rings. The van der Waals surface area contributed by atoms with Crippen molar-refractivity contribution in [3.8, 4) is 0 Å². The second-order valence-electron chi connectivity index (χ2n) is 5.62. The molecule has 2 aromatic rings. The van der Waals surface area contributed by atoms with Crippen LogP contribution in [0.5, 0.6) is 0 Å². The van der Waals surface area contributed by atoms with E-state index in [4.69, 9.17) is 0 Å². The molecular formula is C18H15F3N2OS2. The van der Waals surface area contributed by atoms with Crippen LogP contribution >= 0.6 is 23.5 Å². The molecule has 0 bridgehead atoms. The van der Waals surface area contributed by atoms with E-state index in [0.29, 0.717) is 5.69 Å². The lowest BCUT2D eigenvalue weighted by molar-refractivity contribution is -0.137. The standard InChI is InChI=1S/C18H15F3N2OS2/c1-11(26-17-23-15-5-3-2-4-12(15)10-25-17)16(24)22-14-8-6-13(7-9-14)18(19,20)21/h2-9,11H,10H2,1H3,(H,22,24)/t11-/m1/s1. The molecule has 136 valence electrons. The quantitative estimate of drug-likeness (QED) is 0.724. The summed E-state index contributed by atoms with van der Waals surface area (Å²) in [6, 6.07) is 12.2. The zero-order valence-corrected chi connectivity index (χ0v) is 15.3. The van der Waals surface area contributed by atoms with Gasteiger partial charge in [0.2, 0.25) is 5.91 Å². The summed E-state index contributed by atoms with van der Waals surface area (Å²) in [5.74, 6) is 0.520. The Morgan fingerprint density at radius 3 is 2.58 bits per heavy atom. The first-order chi connectivity index (χ1) is 12.3. The van der Waals surface area contributed by atoms with Gasteiger partial charge in [-0.2, -0.15) is 13.2 Å². The fraction of sp³-hybridized carbons (Fsp3) is 0.222. The number of hydrogen-bond acceptors (Lipinski definition) is 4. The first-order valence-electron chi connectivity index (χ1n) is 7.77. The van der Waals surface area contributed by atoms with Crippen molar-refractivity contribution in [1.82, 2.24) is 0 Å². The maximum Gasteiger partial charge on any atom is 0.416 e. The third kappa shape index (κ3) is 4.62. The average Bonchev–Trinajstić information content (AvgIpc) is 2.61. The molecule has 0 aromatic heterocycles. The predicted octanol–water partition coefficient (Wildman–Crippen LogP) is 5.70. The monoisotopic (exact) mass is 396 g/mol. The Hall–Kier alpha value is -1.93. The Morgan fingerprint density at radius 1 is 1.19 bits per heavy atom. The molecule has 1 aliphatic heterocycles. The largest absolute Gasteiger partial charge is 0.416 e. The van der Waals surface area contributed by atoms with Crippen LogP contribution in [-0.2, 0) is 16.7 Å². The van der Waals surface area contributed by atoms with Crippen molar-refractivity contribution >= 4 is 45.2 Å². The molecule has 26 heavy (non-hydrogen) atoms. The SMILES string of the molecule is C[C@@H](SC1=Nc2ccccc2CS1)C(=O)Nc1ccc(C(F)(F)F)cc1. The molecule has 3 rings (SSSR count). The van der Waals surface area contributed by atoms with Crippen LogP contribution in [0, 0.1) is 0 Å². The van der Waals surface area contributed by atoms with Crippen molar-refractivity contribution in [2.75, 3.05) is 5.32 Å². The highest BCUT2D eigenvalue weighted by Gasteiger charge is 2.30. The van der Waals surface area contributed by atoms with Crippen LogP contribution < -0.4 is 5.32 Å². The Morgan fingerprint density at radius 2 is 1.88 bits per heavy atom. The lowest BCUT2D eigenvalue weighted by Gasteiger charge is -2.17. The third-order valence-electron chi connectivity index (χ3n) is 3.68. The highest BCUT2D eigenvalue weighted by molar-refractivity contribution is 8.39. The molecule has 0 radical (unpaired) electrons. The number of rotatable bonds is 3. The van der Waals surface area contributed by atoms with Gasteiger partial charge in [0.05, 0.1) is 16.5 Å². The second kappa shape index (κ2) is 7.75. The van der Waals surface area contributed by atoms with Crippen molar-refractivity contribution in [1.29, 1.82) is 0 Å². The number of fused-ring (bicyclic) bond motifs is 1. The van der Waals surface area contributed by atoms with Crippen molar-refractivity contribution in [2.45, 2.75) is 24.1 Å². The van der Waals surface area contributed by atoms with Crippen molar-refractivity contribution in [3.63, 3.8) is 0 Å². The summed E-state index contributed by atoms with van der Waals surface area (Å²) in [5.41, 5.74) is 1.65. The van der Waals surface area contributed by atoms with Crippen LogP contribution in [0.15, 0.2) is 53.5 Å². The highest BCUT2D eigenvalue weighted by atomic mass is 32.2. The summed E-state index contributed by atoms with van der Waals surface area (Å²) >= 11 is 2.91. The number of thioether (sulfide) groups is 2. The Kier molecular flexibility index (Phi) is 5.62. The van der Waals surface area contributed by atoms with Gasteiger partial charge in [0.25, 0.3) is 0 Å². The minimum Gasteiger partial charge on any atom is -0.325 e. The molecule has 3 nitrogen and oxygen atoms in total. The van der Waals surface area contributed by atoms with Crippen LogP contribution in [0.3, 0.4) is 0 Å². The van der Waals surface area contributed by atoms with Crippen LogP contribution in [0.2, 0.25) is 0 Å². The fourth-order valence-electron chi connectivity index (χ4n) is 2.26. The lowest BCUT2D eigenvalue weighted by atomic mass is 10.2. The maximum absolute atomic E-state index is 12.6. The van der Waals surface area contributed by atoms with Crippen LogP contribution in [-0.4, -0.2) is 15.5 Å². The fourth-order valence-corrected chi connectivity index (χ4v) is 4.45. The van der Waals surface area contributed by atoms with E-state index in [1.54, 1.807) is 18.7 Å². The summed E-state index contributed by atoms with van der Waals surface area (Å²) in [4.78, 5) is 16.8. The minimum absolute atomic E-state index is 0.281. The van der Waals surface area contributed by atoms with Crippen LogP contribution in [0.1, 0.15) is 18.1 Å². The molecule has 0 aliphatic carbocycles. The number of amides is 1. The van der Waals surface area contributed by atoms with Gasteiger partial charge in [-0.25, -0.2) is 4.99 Å². The van der Waals surface area contributed by atoms with Gasteiger partial charge < -0.3 is 5.32 Å². The second-order valence-corrected chi connectivity index (χ2v) is 8.17. The smallest absolute Gasteiger partial charge is 0.325 e. The highest BCUT2D eigenvalue weighted by Crippen LogP contribution is 2.36. The van der Waals surface area contributed by atoms with Gasteiger partial charge in [0.15, 0.2) is 0 Å². The molecule has 1 N–H and O–H groups in total. The molecule has 2 aromatic carbocycles. The normalized spacial score (nSPS) is 15.0. The van der Waals surface area contributed by atoms with Crippen molar-refractivity contribution in [3.05, 3.63) is 59.7 Å². The summed E-state index contributed by atoms with van der Waals surface area (Å²) in [6.45, 7) is 1.74. The number of hydrogen-bond donors (Lipinski definition) is 1. The summed E-state index contributed by atoms with van der Waals surface area (Å²) < 4.78 is 38.5. The molecule has 1 aliphatic rings. The maximum atomic E-state index is 12.6. The summed E-state index contributed by atoms with van der Waals surface area (Å²) in [6.07, 6.45) is -4.39. The predicted molar refractivity (Wildman–Crippen MR) is 102 cm³/mol. The number of benzene rings is 2. The van der Waals surface area contributed by atoms with E-state index in [-0.39, 0.29) is 5.91 Å². The van der Waals surface area contributed by atoms with E-state index in [1.165, 1.54) is 23.9 Å². The van der Waals surface area contributed by atoms with Crippen LogP contribution in [0.25, 0.3) is 0 Å². The molecule has 1 amide bonds. The van der Waals surface area contributed by atoms with Gasteiger partial charge >= 0.3 is 6.18 Å². The van der Waals surface area contributed by atoms with E-state index in [2.05, 4.69) is 10.3 Å². The van der Waals surface area contributed by atoms with Crippen molar-refractivity contribution < 1.29 is 18.0 Å². The minimum atomic E-state index is -4.39. The number of alkyl halides is 3. The van der Waals surface area contributed by atoms with E-state index in [1.807, 2.05) is 24.3 Å². The Bertz CT molecular complexity index is 835. The van der Waals surface area contributed by atoms with E-state index in [9.17, 15) is 18.0 Å². The molecule has 0 unspecified atom stereocenters. The first-order valence-corrected chi connectivity index (χ1v) is 9.63. The Balaban J connectivity index is 1.61. The first kappa shape index (κ1) is 18.8. The number of nitrogens with zero attached hydrogens (tertiary/aromatic N) is 1. The topological polar surface area (TPSA) is 41.5 Å². The molecule has 1 heterocycles. The number of nitrogens with one attached hydrogen (secondary N) is 1. The molecular weight excluding hydrogens is 381 g/mol. The summed E-state index contributed by atoms with van der Waals surface area (Å²) in [5, 5.41) is 2.22. The van der Waals surface area contributed by atoms with E-state index >= 15 is 0 Å². The third-order valence-corrected chi connectivity index (χ3v) is 5.98. The van der Waals surface area contributed by atoms with Crippen molar-refractivity contribution in [2.24, 2.45) is 4.99 Å². The van der Waals surface area contributed by atoms with E-state index < -0.39 is 17.0 Å². The van der Waals surface area contributed by atoms with Gasteiger partial charge in [0.1, 0.15) is 4.38 Å². The molecule has 0 spiro atoms. The number of carbonyl (C=O) groups is 1. The number of carbonyl (C=O) groups excluding carboxylic acids is 1. The van der Waals surface area contributed by atoms with Gasteiger partial charge in [-0.15, -0.1) is 0 Å². The lowest BCUT2D eigenvalue weighted by Crippen LogP contribution is -2.23. The van der Waals surface area contributed by atoms with Crippen LogP contribution in [0.4, 0.5) is 24.5 Å². The zero-order valence-electron chi connectivity index (χ0n) is 13.7. The average molecular weight is 396 g/mol.